The van der Waals surface area contributed by atoms with Crippen LogP contribution in [0.4, 0.5) is 0 Å². The maximum Gasteiger partial charge on any atom is 0.0524 e. The van der Waals surface area contributed by atoms with Crippen LogP contribution < -0.4 is 0 Å². The summed E-state index contributed by atoms with van der Waals surface area (Å²) in [7, 11) is 0. The molecule has 0 aromatic rings. The minimum atomic E-state index is 0.249. The predicted molar refractivity (Wildman–Crippen MR) is 35.9 cm³/mol. The van der Waals surface area contributed by atoms with Crippen molar-refractivity contribution in [3.8, 4) is 0 Å². The van der Waals surface area contributed by atoms with E-state index in [-0.39, 0.29) is 5.38 Å². The Kier molecular flexibility index (Phi) is 1.95. The standard InChI is InChI=1S/C7H10Cl/c1-6-3-2-4-7(8)5-6/h4,6-7H,3,5H2,1H3. The Morgan fingerprint density at radius 2 is 2.50 bits per heavy atom. The summed E-state index contributed by atoms with van der Waals surface area (Å²) in [5, 5.41) is 0.249. The van der Waals surface area contributed by atoms with Gasteiger partial charge in [0, 0.05) is 0 Å². The molecule has 0 aliphatic heterocycles. The van der Waals surface area contributed by atoms with Crippen LogP contribution in [-0.2, 0) is 0 Å². The monoisotopic (exact) mass is 129 g/mol. The first-order valence-electron chi connectivity index (χ1n) is 3.00. The molecule has 0 nitrogen and oxygen atoms in total. The summed E-state index contributed by atoms with van der Waals surface area (Å²) >= 11 is 5.79. The second kappa shape index (κ2) is 2.54. The fourth-order valence-electron chi connectivity index (χ4n) is 0.933. The maximum atomic E-state index is 5.79. The Hall–Kier alpha value is 0.0300. The molecule has 0 saturated carbocycles. The number of rotatable bonds is 0. The van der Waals surface area contributed by atoms with Crippen molar-refractivity contribution in [1.82, 2.24) is 0 Å². The van der Waals surface area contributed by atoms with Crippen molar-refractivity contribution < 1.29 is 0 Å². The maximum absolute atomic E-state index is 5.79. The van der Waals surface area contributed by atoms with Crippen molar-refractivity contribution in [3.63, 3.8) is 0 Å². The minimum Gasteiger partial charge on any atom is -0.118 e. The molecule has 1 aliphatic carbocycles. The van der Waals surface area contributed by atoms with Crippen molar-refractivity contribution in [2.24, 2.45) is 5.92 Å². The first-order chi connectivity index (χ1) is 3.79. The van der Waals surface area contributed by atoms with E-state index in [9.17, 15) is 0 Å². The highest BCUT2D eigenvalue weighted by Gasteiger charge is 2.10. The van der Waals surface area contributed by atoms with Gasteiger partial charge in [0.15, 0.2) is 0 Å². The van der Waals surface area contributed by atoms with Crippen LogP contribution in [-0.4, -0.2) is 5.38 Å². The van der Waals surface area contributed by atoms with Crippen LogP contribution in [0.3, 0.4) is 0 Å². The van der Waals surface area contributed by atoms with Gasteiger partial charge in [-0.05, 0) is 24.8 Å². The van der Waals surface area contributed by atoms with E-state index >= 15 is 0 Å². The Balaban J connectivity index is 2.42. The van der Waals surface area contributed by atoms with Crippen molar-refractivity contribution >= 4 is 11.6 Å². The molecule has 0 saturated heterocycles. The summed E-state index contributed by atoms with van der Waals surface area (Å²) in [4.78, 5) is 0. The van der Waals surface area contributed by atoms with Gasteiger partial charge in [-0.3, -0.25) is 0 Å². The molecule has 0 N–H and O–H groups in total. The normalized spacial score (nSPS) is 37.8. The van der Waals surface area contributed by atoms with Gasteiger partial charge in [-0.15, -0.1) is 11.6 Å². The lowest BCUT2D eigenvalue weighted by molar-refractivity contribution is 0.522. The molecular weight excluding hydrogens is 120 g/mol. The van der Waals surface area contributed by atoms with Gasteiger partial charge in [0.2, 0.25) is 0 Å². The summed E-state index contributed by atoms with van der Waals surface area (Å²) in [5.74, 6) is 0.738. The minimum absolute atomic E-state index is 0.249. The smallest absolute Gasteiger partial charge is 0.0524 e. The van der Waals surface area contributed by atoms with Gasteiger partial charge < -0.3 is 0 Å². The zero-order valence-corrected chi connectivity index (χ0v) is 5.78. The number of halogens is 1. The van der Waals surface area contributed by atoms with Crippen molar-refractivity contribution in [2.45, 2.75) is 25.1 Å². The fraction of sp³-hybridized carbons (Fsp3) is 0.714. The van der Waals surface area contributed by atoms with Gasteiger partial charge in [-0.2, -0.15) is 0 Å². The number of allylic oxidation sites excluding steroid dienone is 2. The van der Waals surface area contributed by atoms with Crippen LogP contribution in [0, 0.1) is 12.0 Å². The van der Waals surface area contributed by atoms with E-state index in [4.69, 9.17) is 11.6 Å². The molecule has 2 atom stereocenters. The third-order valence-electron chi connectivity index (χ3n) is 1.39. The third-order valence-corrected chi connectivity index (χ3v) is 1.70. The molecule has 0 amide bonds. The van der Waals surface area contributed by atoms with Gasteiger partial charge >= 0.3 is 0 Å². The summed E-state index contributed by atoms with van der Waals surface area (Å²) in [6.07, 6.45) is 7.29. The van der Waals surface area contributed by atoms with Gasteiger partial charge in [0.25, 0.3) is 0 Å². The average molecular weight is 130 g/mol. The third kappa shape index (κ3) is 1.52. The van der Waals surface area contributed by atoms with Crippen molar-refractivity contribution in [3.05, 3.63) is 12.2 Å². The lowest BCUT2D eigenvalue weighted by atomic mass is 9.96. The molecule has 0 spiro atoms. The second-order valence-corrected chi connectivity index (χ2v) is 2.99. The number of hydrogen-bond donors (Lipinski definition) is 0. The predicted octanol–water partition coefficient (Wildman–Crippen LogP) is 2.38. The summed E-state index contributed by atoms with van der Waals surface area (Å²) in [6.45, 7) is 2.20. The van der Waals surface area contributed by atoms with Gasteiger partial charge in [-0.1, -0.05) is 13.0 Å². The zero-order chi connectivity index (χ0) is 5.98. The van der Waals surface area contributed by atoms with E-state index in [0.717, 1.165) is 18.8 Å². The largest absolute Gasteiger partial charge is 0.118 e. The van der Waals surface area contributed by atoms with Crippen LogP contribution in [0.2, 0.25) is 0 Å². The summed E-state index contributed by atoms with van der Waals surface area (Å²) in [6, 6.07) is 0. The first-order valence-corrected chi connectivity index (χ1v) is 3.43. The lowest BCUT2D eigenvalue weighted by Gasteiger charge is -2.14. The van der Waals surface area contributed by atoms with E-state index in [2.05, 4.69) is 13.0 Å². The Morgan fingerprint density at radius 1 is 1.75 bits per heavy atom. The van der Waals surface area contributed by atoms with Crippen molar-refractivity contribution in [2.75, 3.05) is 0 Å². The lowest BCUT2D eigenvalue weighted by Crippen LogP contribution is -2.07. The van der Waals surface area contributed by atoms with E-state index < -0.39 is 0 Å². The van der Waals surface area contributed by atoms with Crippen LogP contribution in [0.25, 0.3) is 0 Å². The number of alkyl halides is 1. The van der Waals surface area contributed by atoms with Gasteiger partial charge in [-0.25, -0.2) is 0 Å². The fourth-order valence-corrected chi connectivity index (χ4v) is 1.33. The van der Waals surface area contributed by atoms with Crippen LogP contribution in [0.1, 0.15) is 19.8 Å². The van der Waals surface area contributed by atoms with E-state index in [0.29, 0.717) is 0 Å². The molecular formula is C7H10Cl. The molecule has 1 heteroatoms. The molecule has 0 bridgehead atoms. The highest BCUT2D eigenvalue weighted by atomic mass is 35.5. The molecule has 0 heterocycles. The average Bonchev–Trinajstić information content (AvgIpc) is 1.64. The van der Waals surface area contributed by atoms with E-state index in [1.54, 1.807) is 0 Å². The first kappa shape index (κ1) is 6.15. The molecule has 45 valence electrons. The van der Waals surface area contributed by atoms with Crippen LogP contribution >= 0.6 is 11.6 Å². The molecule has 0 aromatic carbocycles. The topological polar surface area (TPSA) is 0 Å². The Morgan fingerprint density at radius 3 is 2.88 bits per heavy atom. The number of hydrogen-bond acceptors (Lipinski definition) is 0. The van der Waals surface area contributed by atoms with E-state index in [1.165, 1.54) is 0 Å². The Labute approximate surface area is 55.5 Å². The molecule has 8 heavy (non-hydrogen) atoms. The van der Waals surface area contributed by atoms with Crippen LogP contribution in [0.15, 0.2) is 6.08 Å². The highest BCUT2D eigenvalue weighted by Crippen LogP contribution is 2.20. The summed E-state index contributed by atoms with van der Waals surface area (Å²) < 4.78 is 0. The SMILES string of the molecule is CC1C[C]=CC(Cl)C1. The van der Waals surface area contributed by atoms with Crippen molar-refractivity contribution in [1.29, 1.82) is 0 Å². The molecule has 1 rings (SSSR count). The molecule has 0 aromatic heterocycles. The quantitative estimate of drug-likeness (QED) is 0.441. The molecule has 2 unspecified atom stereocenters. The Bertz CT molecular complexity index is 96.6. The zero-order valence-electron chi connectivity index (χ0n) is 5.02. The highest BCUT2D eigenvalue weighted by molar-refractivity contribution is 6.21. The van der Waals surface area contributed by atoms with E-state index in [1.807, 2.05) is 6.08 Å². The van der Waals surface area contributed by atoms with Gasteiger partial charge in [0.1, 0.15) is 0 Å². The molecule has 1 aliphatic rings. The van der Waals surface area contributed by atoms with Crippen LogP contribution in [0.5, 0.6) is 0 Å². The molecule has 1 radical (unpaired) electrons. The van der Waals surface area contributed by atoms with Gasteiger partial charge in [0.05, 0.1) is 5.38 Å². The summed E-state index contributed by atoms with van der Waals surface area (Å²) in [5.41, 5.74) is 0. The molecule has 0 fully saturated rings. The second-order valence-electron chi connectivity index (χ2n) is 2.43.